The zero-order valence-corrected chi connectivity index (χ0v) is 14.3. The van der Waals surface area contributed by atoms with Crippen molar-refractivity contribution in [2.24, 2.45) is 0 Å². The van der Waals surface area contributed by atoms with Crippen LogP contribution in [0.5, 0.6) is 0 Å². The first-order valence-electron chi connectivity index (χ1n) is 6.85. The van der Waals surface area contributed by atoms with Gasteiger partial charge in [-0.2, -0.15) is 0 Å². The summed E-state index contributed by atoms with van der Waals surface area (Å²) in [5.41, 5.74) is 0. The van der Waals surface area contributed by atoms with E-state index < -0.39 is 5.77 Å². The van der Waals surface area contributed by atoms with Gasteiger partial charge in [-0.25, -0.2) is 0 Å². The summed E-state index contributed by atoms with van der Waals surface area (Å²) in [6.07, 6.45) is 12.3. The van der Waals surface area contributed by atoms with Crippen molar-refractivity contribution in [3.8, 4) is 0 Å². The van der Waals surface area contributed by atoms with Gasteiger partial charge in [0.2, 0.25) is 0 Å². The molecule has 2 fully saturated rings. The molecular weight excluding hydrogens is 330 g/mol. The van der Waals surface area contributed by atoms with Crippen LogP contribution >= 0.6 is 29.4 Å². The normalized spacial score (nSPS) is 26.3. The molecule has 2 aliphatic rings. The molecule has 1 atom stereocenters. The van der Waals surface area contributed by atoms with E-state index in [2.05, 4.69) is 12.2 Å². The van der Waals surface area contributed by atoms with Gasteiger partial charge in [0.15, 0.2) is 0 Å². The number of hydrogen-bond acceptors (Lipinski definition) is 3. The Morgan fingerprint density at radius 3 is 2.00 bits per heavy atom. The molecule has 0 N–H and O–H groups in total. The molecule has 2 saturated carbocycles. The van der Waals surface area contributed by atoms with Crippen LogP contribution in [0.25, 0.3) is 0 Å². The average Bonchev–Trinajstić information content (AvgIpc) is 2.30. The number of thiol groups is 1. The molecule has 2 rings (SSSR count). The molecule has 6 heteroatoms. The van der Waals surface area contributed by atoms with Gasteiger partial charge in [0, 0.05) is 22.0 Å². The second-order valence-corrected chi connectivity index (χ2v) is 11.7. The summed E-state index contributed by atoms with van der Waals surface area (Å²) in [5, 5.41) is 0.510. The van der Waals surface area contributed by atoms with Crippen LogP contribution in [0.3, 0.4) is 0 Å². The Bertz CT molecular complexity index is 255. The third kappa shape index (κ3) is 6.23. The molecule has 0 aromatic carbocycles. The Morgan fingerprint density at radius 2 is 1.44 bits per heavy atom. The molecule has 2 aliphatic carbocycles. The molecule has 0 aromatic rings. The Morgan fingerprint density at radius 1 is 0.944 bits per heavy atom. The maximum absolute atomic E-state index is 12.4. The van der Waals surface area contributed by atoms with Crippen molar-refractivity contribution in [1.29, 1.82) is 0 Å². The van der Waals surface area contributed by atoms with Gasteiger partial charge in [0.25, 0.3) is 0 Å². The molecule has 109 valence electrons. The van der Waals surface area contributed by atoms with E-state index in [4.69, 9.17) is 4.52 Å². The zero-order valence-electron chi connectivity index (χ0n) is 10.7. The van der Waals surface area contributed by atoms with Crippen LogP contribution in [0.1, 0.15) is 64.2 Å². The third-order valence-corrected chi connectivity index (χ3v) is 8.35. The van der Waals surface area contributed by atoms with Crippen molar-refractivity contribution in [2.45, 2.75) is 75.6 Å². The predicted molar refractivity (Wildman–Crippen MR) is 79.0 cm³/mol. The van der Waals surface area contributed by atoms with Crippen molar-refractivity contribution < 1.29 is 25.9 Å². The summed E-state index contributed by atoms with van der Waals surface area (Å²) >= 11 is 5.82. The SMILES string of the molecule is O=P(S)(OC1CCCCC1)SC1CCCCC1.[Co]. The van der Waals surface area contributed by atoms with Gasteiger partial charge < -0.3 is 4.52 Å². The fourth-order valence-electron chi connectivity index (χ4n) is 2.74. The fraction of sp³-hybridized carbons (Fsp3) is 1.00. The van der Waals surface area contributed by atoms with Crippen molar-refractivity contribution in [3.63, 3.8) is 0 Å². The van der Waals surface area contributed by atoms with Crippen LogP contribution < -0.4 is 0 Å². The summed E-state index contributed by atoms with van der Waals surface area (Å²) in [6.45, 7) is 0. The number of rotatable bonds is 4. The smallest absolute Gasteiger partial charge is 0.310 e. The van der Waals surface area contributed by atoms with Crippen molar-refractivity contribution in [3.05, 3.63) is 0 Å². The molecule has 18 heavy (non-hydrogen) atoms. The molecule has 0 amide bonds. The minimum Gasteiger partial charge on any atom is -0.310 e. The molecule has 1 unspecified atom stereocenters. The molecule has 0 saturated heterocycles. The topological polar surface area (TPSA) is 26.3 Å². The summed E-state index contributed by atoms with van der Waals surface area (Å²) in [6, 6.07) is 0. The van der Waals surface area contributed by atoms with Gasteiger partial charge in [-0.15, -0.1) is 0 Å². The first-order chi connectivity index (χ1) is 8.16. The van der Waals surface area contributed by atoms with E-state index in [1.54, 1.807) is 0 Å². The predicted octanol–water partition coefficient (Wildman–Crippen LogP) is 5.44. The molecule has 0 heterocycles. The van der Waals surface area contributed by atoms with E-state index >= 15 is 0 Å². The zero-order chi connectivity index (χ0) is 12.1. The van der Waals surface area contributed by atoms with Crippen LogP contribution in [-0.2, 0) is 25.9 Å². The maximum Gasteiger partial charge on any atom is 0.310 e. The van der Waals surface area contributed by atoms with Crippen LogP contribution in [0.2, 0.25) is 0 Å². The molecule has 0 spiro atoms. The van der Waals surface area contributed by atoms with Crippen LogP contribution in [0, 0.1) is 0 Å². The van der Waals surface area contributed by atoms with Crippen LogP contribution in [0.15, 0.2) is 0 Å². The molecule has 0 aromatic heterocycles. The van der Waals surface area contributed by atoms with Crippen molar-refractivity contribution in [2.75, 3.05) is 0 Å². The van der Waals surface area contributed by atoms with Crippen LogP contribution in [0.4, 0.5) is 0 Å². The van der Waals surface area contributed by atoms with E-state index in [0.29, 0.717) is 5.25 Å². The Balaban J connectivity index is 0.00000162. The van der Waals surface area contributed by atoms with E-state index in [9.17, 15) is 4.57 Å². The van der Waals surface area contributed by atoms with Crippen molar-refractivity contribution >= 4 is 29.4 Å². The molecule has 0 bridgehead atoms. The Kier molecular flexibility index (Phi) is 8.37. The second kappa shape index (κ2) is 8.63. The Labute approximate surface area is 130 Å². The standard InChI is InChI=1S/C12H23O2PS2.Co/c13-15(16,14-11-7-3-1-4-8-11)17-12-9-5-2-6-10-12;/h11-12H,1-10H2,(H,13,16);. The summed E-state index contributed by atoms with van der Waals surface area (Å²) in [7, 11) is 0. The molecule has 1 radical (unpaired) electrons. The minimum absolute atomic E-state index is 0. The van der Waals surface area contributed by atoms with E-state index in [1.165, 1.54) is 62.7 Å². The van der Waals surface area contributed by atoms with E-state index in [-0.39, 0.29) is 22.9 Å². The van der Waals surface area contributed by atoms with Gasteiger partial charge in [-0.1, -0.05) is 62.2 Å². The maximum atomic E-state index is 12.4. The quantitative estimate of drug-likeness (QED) is 0.539. The van der Waals surface area contributed by atoms with Gasteiger partial charge in [-0.3, -0.25) is 4.57 Å². The summed E-state index contributed by atoms with van der Waals surface area (Å²) in [5.74, 6) is -2.72. The van der Waals surface area contributed by atoms with Gasteiger partial charge in [0.05, 0.1) is 6.10 Å². The van der Waals surface area contributed by atoms with Crippen molar-refractivity contribution in [1.82, 2.24) is 0 Å². The van der Waals surface area contributed by atoms with E-state index in [0.717, 1.165) is 12.8 Å². The van der Waals surface area contributed by atoms with Gasteiger partial charge >= 0.3 is 5.77 Å². The third-order valence-electron chi connectivity index (χ3n) is 3.67. The van der Waals surface area contributed by atoms with Crippen LogP contribution in [-0.4, -0.2) is 11.4 Å². The monoisotopic (exact) mass is 353 g/mol. The van der Waals surface area contributed by atoms with Gasteiger partial charge in [-0.05, 0) is 25.7 Å². The second-order valence-electron chi connectivity index (χ2n) is 5.20. The summed E-state index contributed by atoms with van der Waals surface area (Å²) in [4.78, 5) is 0. The van der Waals surface area contributed by atoms with E-state index in [1.807, 2.05) is 0 Å². The largest absolute Gasteiger partial charge is 0.310 e. The Hall–Kier alpha value is 1.40. The van der Waals surface area contributed by atoms with Gasteiger partial charge in [0.1, 0.15) is 0 Å². The number of hydrogen-bond donors (Lipinski definition) is 1. The summed E-state index contributed by atoms with van der Waals surface area (Å²) < 4.78 is 18.1. The first-order valence-corrected chi connectivity index (χ1v) is 11.1. The minimum atomic E-state index is -2.72. The molecular formula is C12H23CoO2PS2. The average molecular weight is 353 g/mol. The fourth-order valence-corrected chi connectivity index (χ4v) is 8.18. The first kappa shape index (κ1) is 17.4. The molecule has 0 aliphatic heterocycles. The molecule has 2 nitrogen and oxygen atoms in total.